The molecule has 1 saturated carbocycles. The first-order valence-electron chi connectivity index (χ1n) is 6.78. The van der Waals surface area contributed by atoms with Crippen molar-refractivity contribution in [1.82, 2.24) is 10.1 Å². The number of nitrogens with zero attached hydrogens (tertiary/aromatic N) is 2. The highest BCUT2D eigenvalue weighted by molar-refractivity contribution is 5.01. The van der Waals surface area contributed by atoms with Crippen LogP contribution in [-0.4, -0.2) is 16.7 Å². The van der Waals surface area contributed by atoms with Crippen LogP contribution in [0.1, 0.15) is 69.5 Å². The van der Waals surface area contributed by atoms with Crippen molar-refractivity contribution in [3.63, 3.8) is 0 Å². The Labute approximate surface area is 103 Å². The highest BCUT2D eigenvalue weighted by atomic mass is 16.5. The first-order chi connectivity index (χ1) is 8.24. The van der Waals surface area contributed by atoms with Crippen molar-refractivity contribution in [3.05, 3.63) is 11.7 Å². The third-order valence-electron chi connectivity index (χ3n) is 3.89. The van der Waals surface area contributed by atoms with Gasteiger partial charge in [0.2, 0.25) is 5.89 Å². The number of aromatic nitrogens is 2. The maximum Gasteiger partial charge on any atom is 0.231 e. The van der Waals surface area contributed by atoms with E-state index in [-0.39, 0.29) is 5.92 Å². The molecule has 0 radical (unpaired) electrons. The second-order valence-electron chi connectivity index (χ2n) is 5.30. The molecule has 1 fully saturated rings. The van der Waals surface area contributed by atoms with Crippen LogP contribution in [0.2, 0.25) is 0 Å². The maximum absolute atomic E-state index is 5.70. The van der Waals surface area contributed by atoms with Crippen LogP contribution < -0.4 is 5.73 Å². The summed E-state index contributed by atoms with van der Waals surface area (Å²) in [5.41, 5.74) is 5.70. The van der Waals surface area contributed by atoms with Crippen molar-refractivity contribution < 1.29 is 4.52 Å². The minimum Gasteiger partial charge on any atom is -0.339 e. The van der Waals surface area contributed by atoms with Gasteiger partial charge in [-0.2, -0.15) is 4.98 Å². The lowest BCUT2D eigenvalue weighted by Gasteiger charge is -2.23. The minimum absolute atomic E-state index is 0.220. The second-order valence-corrected chi connectivity index (χ2v) is 5.30. The Bertz CT molecular complexity index is 346. The molecule has 1 aromatic heterocycles. The Balaban J connectivity index is 2.06. The molecule has 1 aromatic rings. The molecule has 0 spiro atoms. The van der Waals surface area contributed by atoms with Gasteiger partial charge < -0.3 is 10.3 Å². The highest BCUT2D eigenvalue weighted by Crippen LogP contribution is 2.34. The monoisotopic (exact) mass is 237 g/mol. The first kappa shape index (κ1) is 12.6. The molecule has 0 amide bonds. The van der Waals surface area contributed by atoms with Crippen molar-refractivity contribution in [2.24, 2.45) is 11.7 Å². The van der Waals surface area contributed by atoms with Gasteiger partial charge in [0.25, 0.3) is 0 Å². The standard InChI is InChI=1S/C13H23N3O/c1-3-10(8-14)13-15-12(16-17-13)11-6-4-5-9(2)7-11/h9-11H,3-8,14H2,1-2H3. The molecule has 0 aromatic carbocycles. The van der Waals surface area contributed by atoms with Gasteiger partial charge >= 0.3 is 0 Å². The van der Waals surface area contributed by atoms with Gasteiger partial charge in [-0.15, -0.1) is 0 Å². The van der Waals surface area contributed by atoms with E-state index in [9.17, 15) is 0 Å². The summed E-state index contributed by atoms with van der Waals surface area (Å²) in [6.45, 7) is 4.99. The molecule has 0 bridgehead atoms. The Morgan fingerprint density at radius 3 is 2.94 bits per heavy atom. The molecule has 4 heteroatoms. The Morgan fingerprint density at radius 1 is 1.47 bits per heavy atom. The predicted octanol–water partition coefficient (Wildman–Crippen LogP) is 2.82. The number of rotatable bonds is 4. The summed E-state index contributed by atoms with van der Waals surface area (Å²) in [5.74, 6) is 3.12. The molecule has 3 atom stereocenters. The van der Waals surface area contributed by atoms with Crippen molar-refractivity contribution in [2.45, 2.75) is 57.8 Å². The van der Waals surface area contributed by atoms with Crippen LogP contribution >= 0.6 is 0 Å². The van der Waals surface area contributed by atoms with E-state index in [2.05, 4.69) is 24.0 Å². The van der Waals surface area contributed by atoms with Gasteiger partial charge in [-0.3, -0.25) is 0 Å². The van der Waals surface area contributed by atoms with E-state index < -0.39 is 0 Å². The van der Waals surface area contributed by atoms with Crippen LogP contribution in [-0.2, 0) is 0 Å². The van der Waals surface area contributed by atoms with Gasteiger partial charge in [0.1, 0.15) is 0 Å². The molecule has 1 aliphatic rings. The van der Waals surface area contributed by atoms with E-state index in [4.69, 9.17) is 10.3 Å². The van der Waals surface area contributed by atoms with E-state index in [1.165, 1.54) is 25.7 Å². The van der Waals surface area contributed by atoms with Crippen molar-refractivity contribution >= 4 is 0 Å². The molecule has 2 rings (SSSR count). The predicted molar refractivity (Wildman–Crippen MR) is 66.8 cm³/mol. The first-order valence-corrected chi connectivity index (χ1v) is 6.78. The fraction of sp³-hybridized carbons (Fsp3) is 0.846. The molecule has 96 valence electrons. The minimum atomic E-state index is 0.220. The Hall–Kier alpha value is -0.900. The average molecular weight is 237 g/mol. The van der Waals surface area contributed by atoms with Crippen LogP contribution in [0.15, 0.2) is 4.52 Å². The second kappa shape index (κ2) is 5.63. The van der Waals surface area contributed by atoms with Gasteiger partial charge in [-0.25, -0.2) is 0 Å². The third kappa shape index (κ3) is 2.86. The van der Waals surface area contributed by atoms with E-state index in [1.54, 1.807) is 0 Å². The molecule has 0 saturated heterocycles. The van der Waals surface area contributed by atoms with Gasteiger partial charge in [0.05, 0.1) is 5.92 Å². The van der Waals surface area contributed by atoms with E-state index in [0.29, 0.717) is 12.5 Å². The summed E-state index contributed by atoms with van der Waals surface area (Å²) >= 11 is 0. The molecule has 1 heterocycles. The SMILES string of the molecule is CCC(CN)c1nc(C2CCCC(C)C2)no1. The van der Waals surface area contributed by atoms with E-state index >= 15 is 0 Å². The van der Waals surface area contributed by atoms with Crippen molar-refractivity contribution in [1.29, 1.82) is 0 Å². The average Bonchev–Trinajstić information content (AvgIpc) is 2.80. The molecule has 1 aliphatic carbocycles. The molecule has 3 unspecified atom stereocenters. The van der Waals surface area contributed by atoms with Crippen LogP contribution in [0, 0.1) is 5.92 Å². The summed E-state index contributed by atoms with van der Waals surface area (Å²) in [6.07, 6.45) is 5.96. The maximum atomic E-state index is 5.70. The topological polar surface area (TPSA) is 64.9 Å². The fourth-order valence-corrected chi connectivity index (χ4v) is 2.69. The summed E-state index contributed by atoms with van der Waals surface area (Å²) in [6, 6.07) is 0. The third-order valence-corrected chi connectivity index (χ3v) is 3.89. The van der Waals surface area contributed by atoms with Crippen LogP contribution in [0.25, 0.3) is 0 Å². The molecular formula is C13H23N3O. The van der Waals surface area contributed by atoms with Crippen molar-refractivity contribution in [2.75, 3.05) is 6.54 Å². The quantitative estimate of drug-likeness (QED) is 0.874. The number of nitrogens with two attached hydrogens (primary N) is 1. The van der Waals surface area contributed by atoms with E-state index in [0.717, 1.165) is 24.1 Å². The largest absolute Gasteiger partial charge is 0.339 e. The summed E-state index contributed by atoms with van der Waals surface area (Å²) in [4.78, 5) is 4.55. The molecule has 0 aliphatic heterocycles. The van der Waals surface area contributed by atoms with Crippen LogP contribution in [0.3, 0.4) is 0 Å². The summed E-state index contributed by atoms with van der Waals surface area (Å²) in [7, 11) is 0. The fourth-order valence-electron chi connectivity index (χ4n) is 2.69. The number of hydrogen-bond donors (Lipinski definition) is 1. The number of hydrogen-bond acceptors (Lipinski definition) is 4. The van der Waals surface area contributed by atoms with Gasteiger partial charge in [-0.1, -0.05) is 31.8 Å². The molecule has 17 heavy (non-hydrogen) atoms. The van der Waals surface area contributed by atoms with Crippen LogP contribution in [0.4, 0.5) is 0 Å². The van der Waals surface area contributed by atoms with E-state index in [1.807, 2.05) is 0 Å². The van der Waals surface area contributed by atoms with Gasteiger partial charge in [0, 0.05) is 12.5 Å². The zero-order valence-electron chi connectivity index (χ0n) is 10.9. The molecule has 2 N–H and O–H groups in total. The van der Waals surface area contributed by atoms with Crippen LogP contribution in [0.5, 0.6) is 0 Å². The van der Waals surface area contributed by atoms with Gasteiger partial charge in [0.15, 0.2) is 5.82 Å². The zero-order chi connectivity index (χ0) is 12.3. The summed E-state index contributed by atoms with van der Waals surface area (Å²) in [5, 5.41) is 4.15. The smallest absolute Gasteiger partial charge is 0.231 e. The summed E-state index contributed by atoms with van der Waals surface area (Å²) < 4.78 is 5.36. The Morgan fingerprint density at radius 2 is 2.29 bits per heavy atom. The zero-order valence-corrected chi connectivity index (χ0v) is 10.9. The molecular weight excluding hydrogens is 214 g/mol. The molecule has 4 nitrogen and oxygen atoms in total. The lowest BCUT2D eigenvalue weighted by Crippen LogP contribution is -2.14. The normalized spacial score (nSPS) is 27.0. The lowest BCUT2D eigenvalue weighted by molar-refractivity contribution is 0.315. The van der Waals surface area contributed by atoms with Gasteiger partial charge in [-0.05, 0) is 25.2 Å². The highest BCUT2D eigenvalue weighted by Gasteiger charge is 2.25. The van der Waals surface area contributed by atoms with Crippen molar-refractivity contribution in [3.8, 4) is 0 Å². The Kier molecular flexibility index (Phi) is 4.15. The lowest BCUT2D eigenvalue weighted by atomic mass is 9.82.